The number of benzene rings is 7. The van der Waals surface area contributed by atoms with Crippen LogP contribution < -0.4 is 0 Å². The van der Waals surface area contributed by atoms with Crippen LogP contribution in [-0.2, 0) is 0 Å². The van der Waals surface area contributed by atoms with Gasteiger partial charge in [0.05, 0.1) is 44.0 Å². The summed E-state index contributed by atoms with van der Waals surface area (Å²) in [6.45, 7) is 0. The molecule has 52 heavy (non-hydrogen) atoms. The minimum absolute atomic E-state index is 0.370. The third-order valence-electron chi connectivity index (χ3n) is 9.55. The second kappa shape index (κ2) is 12.5. The van der Waals surface area contributed by atoms with Crippen LogP contribution in [0.25, 0.3) is 81.7 Å². The van der Waals surface area contributed by atoms with Gasteiger partial charge >= 0.3 is 0 Å². The Bertz CT molecular complexity index is 2950. The lowest BCUT2D eigenvalue weighted by molar-refractivity contribution is 1.18. The Kier molecular flexibility index (Phi) is 7.41. The molecule has 0 aliphatic heterocycles. The average Bonchev–Trinajstić information content (AvgIpc) is 3.80. The summed E-state index contributed by atoms with van der Waals surface area (Å²) in [6, 6.07) is 57.9. The van der Waals surface area contributed by atoms with E-state index in [-0.39, 0.29) is 0 Å². The number of rotatable bonds is 5. The summed E-state index contributed by atoms with van der Waals surface area (Å²) in [5, 5.41) is 31.6. The van der Waals surface area contributed by atoms with E-state index in [0.717, 1.165) is 81.7 Å². The molecule has 2 heterocycles. The van der Waals surface area contributed by atoms with E-state index in [4.69, 9.17) is 4.98 Å². The Morgan fingerprint density at radius 2 is 1.08 bits per heavy atom. The van der Waals surface area contributed by atoms with Crippen molar-refractivity contribution in [1.82, 2.24) is 9.55 Å². The monoisotopic (exact) mass is 679 g/mol. The van der Waals surface area contributed by atoms with E-state index in [2.05, 4.69) is 120 Å². The zero-order valence-electron chi connectivity index (χ0n) is 27.6. The molecule has 5 nitrogen and oxygen atoms in total. The highest BCUT2D eigenvalue weighted by Gasteiger charge is 2.16. The van der Waals surface area contributed by atoms with Crippen LogP contribution >= 0.6 is 11.3 Å². The summed E-state index contributed by atoms with van der Waals surface area (Å²) < 4.78 is 3.40. The molecule has 0 unspecified atom stereocenters. The molecule has 0 saturated carbocycles. The minimum atomic E-state index is 0.370. The van der Waals surface area contributed by atoms with E-state index in [9.17, 15) is 15.8 Å². The summed E-state index contributed by atoms with van der Waals surface area (Å²) in [6.07, 6.45) is 0. The van der Waals surface area contributed by atoms with Crippen LogP contribution in [-0.4, -0.2) is 9.55 Å². The van der Waals surface area contributed by atoms with Gasteiger partial charge in [-0.25, -0.2) is 4.98 Å². The maximum atomic E-state index is 9.57. The molecule has 0 aliphatic carbocycles. The number of fused-ring (bicyclic) bond motifs is 4. The number of hydrogen-bond donors (Lipinski definition) is 0. The van der Waals surface area contributed by atoms with E-state index in [1.807, 2.05) is 42.5 Å². The number of thiazole rings is 1. The third-order valence-corrected chi connectivity index (χ3v) is 10.6. The van der Waals surface area contributed by atoms with Gasteiger partial charge < -0.3 is 4.57 Å². The van der Waals surface area contributed by atoms with E-state index in [0.29, 0.717) is 16.7 Å². The molecular weight excluding hydrogens is 655 g/mol. The van der Waals surface area contributed by atoms with Gasteiger partial charge in [-0.3, -0.25) is 0 Å². The highest BCUT2D eigenvalue weighted by molar-refractivity contribution is 7.21. The van der Waals surface area contributed by atoms with Gasteiger partial charge in [0, 0.05) is 22.0 Å². The lowest BCUT2D eigenvalue weighted by Gasteiger charge is -2.12. The molecule has 0 radical (unpaired) electrons. The topological polar surface area (TPSA) is 89.2 Å². The molecule has 2 aromatic heterocycles. The van der Waals surface area contributed by atoms with Crippen LogP contribution in [0.5, 0.6) is 0 Å². The molecule has 240 valence electrons. The van der Waals surface area contributed by atoms with Crippen molar-refractivity contribution in [3.63, 3.8) is 0 Å². The number of aromatic nitrogens is 2. The van der Waals surface area contributed by atoms with Gasteiger partial charge in [0.15, 0.2) is 0 Å². The smallest absolute Gasteiger partial charge is 0.124 e. The molecule has 0 N–H and O–H groups in total. The van der Waals surface area contributed by atoms with Crippen LogP contribution in [0.1, 0.15) is 16.7 Å². The SMILES string of the molecule is N#Cc1ccc(-n2c3ccccc3c3cc(-c4cc(-c5ccc(-c6ccc(C#N)c(C#N)c6)cc5)cc(-c5nc6ccccc6s5)c4)ccc32)cc1. The quantitative estimate of drug-likeness (QED) is 0.181. The Balaban J connectivity index is 1.19. The van der Waals surface area contributed by atoms with Crippen molar-refractivity contribution < 1.29 is 0 Å². The van der Waals surface area contributed by atoms with E-state index in [1.165, 1.54) is 0 Å². The Labute approximate surface area is 303 Å². The van der Waals surface area contributed by atoms with Crippen LogP contribution in [0.2, 0.25) is 0 Å². The molecular formula is C46H25N5S. The average molecular weight is 680 g/mol. The van der Waals surface area contributed by atoms with Crippen molar-refractivity contribution in [2.75, 3.05) is 0 Å². The Morgan fingerprint density at radius 1 is 0.462 bits per heavy atom. The molecule has 0 fully saturated rings. The first-order chi connectivity index (χ1) is 25.6. The molecule has 0 spiro atoms. The fraction of sp³-hybridized carbons (Fsp3) is 0. The maximum Gasteiger partial charge on any atom is 0.124 e. The number of nitrogens with zero attached hydrogens (tertiary/aromatic N) is 5. The fourth-order valence-electron chi connectivity index (χ4n) is 6.96. The Hall–Kier alpha value is -7.30. The predicted octanol–water partition coefficient (Wildman–Crippen LogP) is 11.7. The summed E-state index contributed by atoms with van der Waals surface area (Å²) in [5.74, 6) is 0. The predicted molar refractivity (Wildman–Crippen MR) is 210 cm³/mol. The van der Waals surface area contributed by atoms with E-state index < -0.39 is 0 Å². The minimum Gasteiger partial charge on any atom is -0.309 e. The van der Waals surface area contributed by atoms with Gasteiger partial charge in [-0.15, -0.1) is 11.3 Å². The lowest BCUT2D eigenvalue weighted by atomic mass is 9.94. The molecule has 0 saturated heterocycles. The molecule has 7 aromatic carbocycles. The van der Waals surface area contributed by atoms with Crippen LogP contribution in [0.4, 0.5) is 0 Å². The fourth-order valence-corrected chi connectivity index (χ4v) is 7.92. The van der Waals surface area contributed by atoms with Crippen molar-refractivity contribution in [3.8, 4) is 67.8 Å². The van der Waals surface area contributed by atoms with Crippen LogP contribution in [0.3, 0.4) is 0 Å². The summed E-state index contributed by atoms with van der Waals surface area (Å²) >= 11 is 1.69. The Morgan fingerprint density at radius 3 is 1.83 bits per heavy atom. The summed E-state index contributed by atoms with van der Waals surface area (Å²) in [4.78, 5) is 5.02. The first kappa shape index (κ1) is 30.7. The number of hydrogen-bond acceptors (Lipinski definition) is 5. The van der Waals surface area contributed by atoms with Crippen molar-refractivity contribution in [2.24, 2.45) is 0 Å². The van der Waals surface area contributed by atoms with Gasteiger partial charge in [0.25, 0.3) is 0 Å². The number of para-hydroxylation sites is 2. The van der Waals surface area contributed by atoms with E-state index >= 15 is 0 Å². The van der Waals surface area contributed by atoms with Crippen LogP contribution in [0, 0.1) is 34.0 Å². The van der Waals surface area contributed by atoms with Crippen molar-refractivity contribution in [3.05, 3.63) is 168 Å². The van der Waals surface area contributed by atoms with Gasteiger partial charge in [0.2, 0.25) is 0 Å². The normalized spacial score (nSPS) is 11.0. The van der Waals surface area contributed by atoms with Gasteiger partial charge in [-0.05, 0) is 118 Å². The summed E-state index contributed by atoms with van der Waals surface area (Å²) in [7, 11) is 0. The second-order valence-electron chi connectivity index (χ2n) is 12.6. The van der Waals surface area contributed by atoms with Gasteiger partial charge in [-0.1, -0.05) is 66.7 Å². The molecule has 6 heteroatoms. The molecule has 0 bridgehead atoms. The van der Waals surface area contributed by atoms with Gasteiger partial charge in [-0.2, -0.15) is 15.8 Å². The second-order valence-corrected chi connectivity index (χ2v) is 13.6. The third kappa shape index (κ3) is 5.27. The highest BCUT2D eigenvalue weighted by atomic mass is 32.1. The van der Waals surface area contributed by atoms with Crippen LogP contribution in [0.15, 0.2) is 152 Å². The standard InChI is InChI=1S/C46H25N5S/c47-26-29-9-18-39(19-10-29)51-43-7-3-1-5-40(43)41-25-33(17-20-44(41)51)36-22-35(23-37(24-36)46-50-42-6-2-4-8-45(42)52-46)31-13-11-30(12-14-31)32-15-16-34(27-48)38(21-32)28-49/h1-25H. The number of nitriles is 3. The van der Waals surface area contributed by atoms with Crippen molar-refractivity contribution in [2.45, 2.75) is 0 Å². The summed E-state index contributed by atoms with van der Waals surface area (Å²) in [5.41, 5.74) is 12.8. The molecule has 0 amide bonds. The molecule has 9 rings (SSSR count). The largest absolute Gasteiger partial charge is 0.309 e. The lowest BCUT2D eigenvalue weighted by Crippen LogP contribution is -1.93. The first-order valence-electron chi connectivity index (χ1n) is 16.7. The molecule has 0 atom stereocenters. The molecule has 0 aliphatic rings. The first-order valence-corrected chi connectivity index (χ1v) is 17.5. The molecule has 9 aromatic rings. The zero-order chi connectivity index (χ0) is 35.2. The van der Waals surface area contributed by atoms with E-state index in [1.54, 1.807) is 23.5 Å². The highest BCUT2D eigenvalue weighted by Crippen LogP contribution is 2.39. The zero-order valence-corrected chi connectivity index (χ0v) is 28.4. The maximum absolute atomic E-state index is 9.57. The van der Waals surface area contributed by atoms with Gasteiger partial charge in [0.1, 0.15) is 17.1 Å². The van der Waals surface area contributed by atoms with Crippen molar-refractivity contribution >= 4 is 43.4 Å². The van der Waals surface area contributed by atoms with Crippen molar-refractivity contribution in [1.29, 1.82) is 15.8 Å².